The van der Waals surface area contributed by atoms with Crippen molar-refractivity contribution in [3.8, 4) is 0 Å². The molecule has 29 heavy (non-hydrogen) atoms. The molecule has 0 fully saturated rings. The average molecular weight is 391 g/mol. The fraction of sp³-hybridized carbons (Fsp3) is 0.190. The molecular weight excluding hydrogens is 374 g/mol. The van der Waals surface area contributed by atoms with Gasteiger partial charge >= 0.3 is 5.97 Å². The third kappa shape index (κ3) is 2.98. The molecule has 0 unspecified atom stereocenters. The van der Waals surface area contributed by atoms with Crippen molar-refractivity contribution >= 4 is 28.6 Å². The fourth-order valence-electron chi connectivity index (χ4n) is 3.26. The highest BCUT2D eigenvalue weighted by molar-refractivity contribution is 6.21. The molecular formula is C21H17N3O5. The third-order valence-electron chi connectivity index (χ3n) is 4.71. The molecule has 0 N–H and O–H groups in total. The third-order valence-corrected chi connectivity index (χ3v) is 4.71. The Kier molecular flexibility index (Phi) is 4.46. The van der Waals surface area contributed by atoms with Gasteiger partial charge in [-0.1, -0.05) is 30.3 Å². The Labute approximate surface area is 165 Å². The van der Waals surface area contributed by atoms with Crippen molar-refractivity contribution < 1.29 is 19.1 Å². The highest BCUT2D eigenvalue weighted by atomic mass is 16.5. The summed E-state index contributed by atoms with van der Waals surface area (Å²) in [5.74, 6) is -1.88. The van der Waals surface area contributed by atoms with Gasteiger partial charge in [-0.05, 0) is 32.0 Å². The van der Waals surface area contributed by atoms with E-state index in [1.54, 1.807) is 62.4 Å². The molecule has 0 saturated carbocycles. The van der Waals surface area contributed by atoms with Crippen molar-refractivity contribution in [2.24, 2.45) is 0 Å². The summed E-state index contributed by atoms with van der Waals surface area (Å²) in [5.41, 5.74) is 0.175. The number of rotatable bonds is 4. The Balaban J connectivity index is 1.64. The topological polar surface area (TPSA) is 98.6 Å². The summed E-state index contributed by atoms with van der Waals surface area (Å²) in [6.07, 6.45) is 0. The smallest absolute Gasteiger partial charge is 0.361 e. The molecule has 4 rings (SSSR count). The predicted octanol–water partition coefficient (Wildman–Crippen LogP) is 2.39. The van der Waals surface area contributed by atoms with Gasteiger partial charge in [0, 0.05) is 5.39 Å². The maximum atomic E-state index is 12.7. The van der Waals surface area contributed by atoms with Gasteiger partial charge in [-0.3, -0.25) is 14.4 Å². The minimum absolute atomic E-state index is 0.0505. The van der Waals surface area contributed by atoms with Crippen LogP contribution in [0.25, 0.3) is 10.8 Å². The van der Waals surface area contributed by atoms with Crippen LogP contribution in [0.4, 0.5) is 0 Å². The highest BCUT2D eigenvalue weighted by Crippen LogP contribution is 2.22. The zero-order chi connectivity index (χ0) is 20.7. The monoisotopic (exact) mass is 391 g/mol. The first kappa shape index (κ1) is 18.5. The number of imide groups is 1. The van der Waals surface area contributed by atoms with E-state index in [1.807, 2.05) is 0 Å². The summed E-state index contributed by atoms with van der Waals surface area (Å²) in [6, 6.07) is 12.7. The van der Waals surface area contributed by atoms with Gasteiger partial charge in [0.05, 0.1) is 22.6 Å². The van der Waals surface area contributed by atoms with Gasteiger partial charge in [-0.2, -0.15) is 5.10 Å². The number of hydrogen-bond donors (Lipinski definition) is 0. The van der Waals surface area contributed by atoms with Crippen molar-refractivity contribution in [1.82, 2.24) is 14.7 Å². The Morgan fingerprint density at radius 1 is 0.931 bits per heavy atom. The number of carbonyl (C=O) groups excluding carboxylic acids is 3. The summed E-state index contributed by atoms with van der Waals surface area (Å²) in [5, 5.41) is 4.85. The number of aromatic nitrogens is 2. The van der Waals surface area contributed by atoms with Gasteiger partial charge in [0.25, 0.3) is 17.4 Å². The SMILES string of the molecule is CC(C)n1nc(C(=O)OCN2C(=O)c3ccccc3C2=O)c2ccccc2c1=O. The van der Waals surface area contributed by atoms with Crippen LogP contribution in [0.1, 0.15) is 51.1 Å². The Bertz CT molecular complexity index is 1190. The lowest BCUT2D eigenvalue weighted by molar-refractivity contribution is 0.0223. The van der Waals surface area contributed by atoms with Crippen molar-refractivity contribution in [2.75, 3.05) is 6.73 Å². The molecule has 1 aliphatic rings. The second kappa shape index (κ2) is 6.97. The number of benzene rings is 2. The molecule has 8 heteroatoms. The number of ether oxygens (including phenoxy) is 1. The second-order valence-electron chi connectivity index (χ2n) is 6.88. The van der Waals surface area contributed by atoms with E-state index in [0.717, 1.165) is 4.90 Å². The van der Waals surface area contributed by atoms with Gasteiger partial charge in [0.15, 0.2) is 12.4 Å². The standard InChI is InChI=1S/C21H17N3O5/c1-12(2)24-20(27)14-8-4-3-7-13(14)17(22-24)21(28)29-11-23-18(25)15-9-5-6-10-16(15)19(23)26/h3-10,12H,11H2,1-2H3. The van der Waals surface area contributed by atoms with E-state index in [1.165, 1.54) is 4.68 Å². The van der Waals surface area contributed by atoms with Gasteiger partial charge in [0.1, 0.15) is 0 Å². The van der Waals surface area contributed by atoms with Crippen molar-refractivity contribution in [3.05, 3.63) is 75.7 Å². The number of esters is 1. The van der Waals surface area contributed by atoms with Crippen LogP contribution in [0.15, 0.2) is 53.3 Å². The molecule has 2 heterocycles. The van der Waals surface area contributed by atoms with Crippen LogP contribution in [0, 0.1) is 0 Å². The maximum Gasteiger partial charge on any atom is 0.361 e. The first-order chi connectivity index (χ1) is 13.9. The molecule has 0 aliphatic carbocycles. The van der Waals surface area contributed by atoms with Crippen LogP contribution in [-0.2, 0) is 4.74 Å². The number of nitrogens with zero attached hydrogens (tertiary/aromatic N) is 3. The molecule has 2 aromatic carbocycles. The maximum absolute atomic E-state index is 12.7. The first-order valence-corrected chi connectivity index (χ1v) is 9.04. The lowest BCUT2D eigenvalue weighted by Gasteiger charge is -2.16. The molecule has 146 valence electrons. The minimum atomic E-state index is -0.827. The highest BCUT2D eigenvalue weighted by Gasteiger charge is 2.36. The summed E-state index contributed by atoms with van der Waals surface area (Å²) in [4.78, 5) is 51.0. The molecule has 0 atom stereocenters. The van der Waals surface area contributed by atoms with Crippen LogP contribution < -0.4 is 5.56 Å². The second-order valence-corrected chi connectivity index (χ2v) is 6.88. The molecule has 0 bridgehead atoms. The van der Waals surface area contributed by atoms with Crippen LogP contribution >= 0.6 is 0 Å². The average Bonchev–Trinajstić information content (AvgIpc) is 2.97. The van der Waals surface area contributed by atoms with Gasteiger partial charge in [-0.25, -0.2) is 14.4 Å². The first-order valence-electron chi connectivity index (χ1n) is 9.04. The van der Waals surface area contributed by atoms with E-state index in [2.05, 4.69) is 5.10 Å². The molecule has 3 aromatic rings. The van der Waals surface area contributed by atoms with Gasteiger partial charge in [-0.15, -0.1) is 0 Å². The zero-order valence-corrected chi connectivity index (χ0v) is 15.8. The Hall–Kier alpha value is -3.81. The van der Waals surface area contributed by atoms with E-state index < -0.39 is 24.5 Å². The van der Waals surface area contributed by atoms with Crippen LogP contribution in [-0.4, -0.2) is 39.2 Å². The molecule has 1 aliphatic heterocycles. The fourth-order valence-corrected chi connectivity index (χ4v) is 3.26. The number of hydrogen-bond acceptors (Lipinski definition) is 6. The predicted molar refractivity (Wildman–Crippen MR) is 104 cm³/mol. The molecule has 0 radical (unpaired) electrons. The number of fused-ring (bicyclic) bond motifs is 2. The van der Waals surface area contributed by atoms with E-state index in [4.69, 9.17) is 4.74 Å². The van der Waals surface area contributed by atoms with Crippen LogP contribution in [0.2, 0.25) is 0 Å². The molecule has 0 saturated heterocycles. The largest absolute Gasteiger partial charge is 0.439 e. The van der Waals surface area contributed by atoms with E-state index in [0.29, 0.717) is 10.8 Å². The summed E-state index contributed by atoms with van der Waals surface area (Å²) < 4.78 is 6.44. The summed E-state index contributed by atoms with van der Waals surface area (Å²) in [6.45, 7) is 3.01. The van der Waals surface area contributed by atoms with E-state index in [9.17, 15) is 19.2 Å². The quantitative estimate of drug-likeness (QED) is 0.500. The lowest BCUT2D eigenvalue weighted by Crippen LogP contribution is -2.34. The van der Waals surface area contributed by atoms with Gasteiger partial charge < -0.3 is 4.74 Å². The lowest BCUT2D eigenvalue weighted by atomic mass is 10.1. The summed E-state index contributed by atoms with van der Waals surface area (Å²) >= 11 is 0. The van der Waals surface area contributed by atoms with Crippen molar-refractivity contribution in [2.45, 2.75) is 19.9 Å². The molecule has 1 aromatic heterocycles. The molecule has 8 nitrogen and oxygen atoms in total. The van der Waals surface area contributed by atoms with Crippen LogP contribution in [0.3, 0.4) is 0 Å². The van der Waals surface area contributed by atoms with E-state index in [-0.39, 0.29) is 28.4 Å². The Morgan fingerprint density at radius 3 is 2.07 bits per heavy atom. The molecule has 2 amide bonds. The minimum Gasteiger partial charge on any atom is -0.439 e. The van der Waals surface area contributed by atoms with Crippen molar-refractivity contribution in [1.29, 1.82) is 0 Å². The van der Waals surface area contributed by atoms with Crippen LogP contribution in [0.5, 0.6) is 0 Å². The number of amides is 2. The Morgan fingerprint density at radius 2 is 1.48 bits per heavy atom. The zero-order valence-electron chi connectivity index (χ0n) is 15.8. The normalized spacial score (nSPS) is 13.3. The van der Waals surface area contributed by atoms with Gasteiger partial charge in [0.2, 0.25) is 0 Å². The van der Waals surface area contributed by atoms with E-state index >= 15 is 0 Å². The number of carbonyl (C=O) groups is 3. The molecule has 0 spiro atoms. The van der Waals surface area contributed by atoms with Crippen molar-refractivity contribution in [3.63, 3.8) is 0 Å². The summed E-state index contributed by atoms with van der Waals surface area (Å²) in [7, 11) is 0.